The molecule has 0 bridgehead atoms. The number of sulfonamides is 1. The Morgan fingerprint density at radius 3 is 2.07 bits per heavy atom. The van der Waals surface area contributed by atoms with Crippen LogP contribution in [-0.4, -0.2) is 80.6 Å². The molecule has 13 heteroatoms. The molecule has 0 amide bonds. The molecular formula is C28H43N5O6SSi. The number of anilines is 1. The first-order valence-electron chi connectivity index (χ1n) is 13.4. The number of ether oxygens (including phenoxy) is 3. The van der Waals surface area contributed by atoms with Crippen LogP contribution in [0.15, 0.2) is 36.4 Å². The minimum atomic E-state index is -4.15. The van der Waals surface area contributed by atoms with E-state index in [1.54, 1.807) is 41.0 Å². The first-order chi connectivity index (χ1) is 19.1. The summed E-state index contributed by atoms with van der Waals surface area (Å²) in [5, 5.41) is 18.9. The molecule has 0 saturated heterocycles. The quantitative estimate of drug-likeness (QED) is 0.294. The van der Waals surface area contributed by atoms with Crippen molar-refractivity contribution in [3.8, 4) is 34.6 Å². The highest BCUT2D eigenvalue weighted by molar-refractivity contribution is 7.93. The first-order valence-corrected chi connectivity index (χ1v) is 18.7. The van der Waals surface area contributed by atoms with Crippen LogP contribution in [0, 0.1) is 5.41 Å². The van der Waals surface area contributed by atoms with Crippen molar-refractivity contribution < 1.29 is 27.7 Å². The third kappa shape index (κ3) is 7.01. The summed E-state index contributed by atoms with van der Waals surface area (Å²) in [6.45, 7) is 13.6. The van der Waals surface area contributed by atoms with Gasteiger partial charge in [-0.15, -0.1) is 10.2 Å². The highest BCUT2D eigenvalue weighted by Gasteiger charge is 2.42. The van der Waals surface area contributed by atoms with E-state index < -0.39 is 34.9 Å². The van der Waals surface area contributed by atoms with E-state index in [1.807, 2.05) is 20.8 Å². The number of methoxy groups -OCH3 is 3. The molecule has 0 fully saturated rings. The maximum atomic E-state index is 14.4. The molecule has 2 unspecified atom stereocenters. The molecule has 2 atom stereocenters. The number of aromatic nitrogens is 4. The Morgan fingerprint density at radius 2 is 1.56 bits per heavy atom. The molecule has 3 aromatic rings. The molecule has 11 nitrogen and oxygen atoms in total. The summed E-state index contributed by atoms with van der Waals surface area (Å²) in [6, 6.07) is 11.1. The van der Waals surface area contributed by atoms with E-state index in [-0.39, 0.29) is 18.3 Å². The number of nitrogens with zero attached hydrogens (tertiary/aromatic N) is 5. The Morgan fingerprint density at radius 1 is 0.976 bits per heavy atom. The number of hydrogen-bond donors (Lipinski definition) is 1. The van der Waals surface area contributed by atoms with Crippen molar-refractivity contribution in [3.63, 3.8) is 0 Å². The van der Waals surface area contributed by atoms with Crippen LogP contribution in [-0.2, 0) is 10.0 Å². The maximum Gasteiger partial charge on any atom is 0.246 e. The number of pyridine rings is 1. The molecule has 0 aliphatic rings. The molecule has 3 rings (SSSR count). The number of para-hydroxylation sites is 1. The molecule has 2 aromatic heterocycles. The summed E-state index contributed by atoms with van der Waals surface area (Å²) in [6.07, 6.45) is -1.14. The third-order valence-electron chi connectivity index (χ3n) is 6.83. The summed E-state index contributed by atoms with van der Waals surface area (Å²) < 4.78 is 48.4. The lowest BCUT2D eigenvalue weighted by Crippen LogP contribution is -2.49. The Balaban J connectivity index is 2.41. The van der Waals surface area contributed by atoms with Crippen molar-refractivity contribution in [3.05, 3.63) is 36.4 Å². The second kappa shape index (κ2) is 12.4. The van der Waals surface area contributed by atoms with E-state index in [2.05, 4.69) is 34.8 Å². The van der Waals surface area contributed by atoms with Gasteiger partial charge in [-0.1, -0.05) is 52.5 Å². The fraction of sp³-hybridized carbons (Fsp3) is 0.536. The van der Waals surface area contributed by atoms with Gasteiger partial charge >= 0.3 is 0 Å². The molecule has 226 valence electrons. The van der Waals surface area contributed by atoms with Crippen LogP contribution >= 0.6 is 0 Å². The van der Waals surface area contributed by atoms with Gasteiger partial charge in [0.2, 0.25) is 21.9 Å². The second-order valence-electron chi connectivity index (χ2n) is 12.2. The average molecular weight is 606 g/mol. The molecule has 0 aliphatic carbocycles. The van der Waals surface area contributed by atoms with Crippen molar-refractivity contribution in [2.24, 2.45) is 5.41 Å². The van der Waals surface area contributed by atoms with Gasteiger partial charge < -0.3 is 19.3 Å². The van der Waals surface area contributed by atoms with Crippen LogP contribution in [0.2, 0.25) is 25.7 Å². The topological polar surface area (TPSA) is 129 Å². The van der Waals surface area contributed by atoms with Gasteiger partial charge in [0.05, 0.1) is 27.4 Å². The van der Waals surface area contributed by atoms with Crippen molar-refractivity contribution in [1.29, 1.82) is 0 Å². The van der Waals surface area contributed by atoms with E-state index in [0.717, 1.165) is 0 Å². The normalized spacial score (nSPS) is 13.9. The van der Waals surface area contributed by atoms with E-state index in [9.17, 15) is 13.5 Å². The molecule has 2 heterocycles. The molecule has 0 saturated carbocycles. The molecule has 0 radical (unpaired) electrons. The van der Waals surface area contributed by atoms with Gasteiger partial charge in [-0.25, -0.2) is 17.7 Å². The predicted molar refractivity (Wildman–Crippen MR) is 164 cm³/mol. The van der Waals surface area contributed by atoms with Gasteiger partial charge in [0.1, 0.15) is 28.1 Å². The van der Waals surface area contributed by atoms with Gasteiger partial charge in [-0.3, -0.25) is 4.57 Å². The molecule has 0 spiro atoms. The Labute approximate surface area is 244 Å². The smallest absolute Gasteiger partial charge is 0.246 e. The van der Waals surface area contributed by atoms with Gasteiger partial charge in [-0.05, 0) is 36.6 Å². The zero-order chi connectivity index (χ0) is 30.8. The number of aliphatic hydroxyl groups is 1. The summed E-state index contributed by atoms with van der Waals surface area (Å²) in [5.41, 5.74) is 0.141. The van der Waals surface area contributed by atoms with Crippen molar-refractivity contribution in [1.82, 2.24) is 19.7 Å². The lowest BCUT2D eigenvalue weighted by molar-refractivity contribution is 0.0625. The van der Waals surface area contributed by atoms with E-state index >= 15 is 0 Å². The lowest BCUT2D eigenvalue weighted by atomic mass is 9.87. The van der Waals surface area contributed by atoms with Crippen molar-refractivity contribution in [2.45, 2.75) is 64.7 Å². The number of aliphatic hydroxyl groups excluding tert-OH is 1. The summed E-state index contributed by atoms with van der Waals surface area (Å²) in [4.78, 5) is 4.55. The zero-order valence-electron chi connectivity index (χ0n) is 25.7. The Bertz CT molecular complexity index is 1430. The van der Waals surface area contributed by atoms with Crippen LogP contribution in [0.25, 0.3) is 17.2 Å². The highest BCUT2D eigenvalue weighted by atomic mass is 32.2. The molecule has 0 aliphatic heterocycles. The minimum absolute atomic E-state index is 0.0404. The minimum Gasteiger partial charge on any atom is -0.494 e. The summed E-state index contributed by atoms with van der Waals surface area (Å²) in [5.74, 6) is 1.49. The predicted octanol–water partition coefficient (Wildman–Crippen LogP) is 4.63. The third-order valence-corrected chi connectivity index (χ3v) is 10.7. The molecule has 1 aromatic carbocycles. The standard InChI is InChI=1S/C28H43N5O6SSi/c1-19(25(34)28(2,3)4)40(35,36)32(17-18-41(8,9)10)27-31-30-26(20-13-11-16-23(29-20)39-7)33(27)24-21(37-5)14-12-15-22(24)38-6/h11-16,19,25,34H,17-18H2,1-10H3. The Hall–Kier alpha value is -3.16. The fourth-order valence-corrected chi connectivity index (χ4v) is 7.24. The van der Waals surface area contributed by atoms with Crippen LogP contribution in [0.1, 0.15) is 27.7 Å². The first kappa shape index (κ1) is 32.4. The van der Waals surface area contributed by atoms with Crippen LogP contribution < -0.4 is 18.5 Å². The summed E-state index contributed by atoms with van der Waals surface area (Å²) in [7, 11) is -1.34. The maximum absolute atomic E-state index is 14.4. The number of benzene rings is 1. The van der Waals surface area contributed by atoms with Crippen molar-refractivity contribution in [2.75, 3.05) is 32.2 Å². The average Bonchev–Trinajstić information content (AvgIpc) is 3.34. The van der Waals surface area contributed by atoms with E-state index in [1.165, 1.54) is 32.6 Å². The Kier molecular flexibility index (Phi) is 9.76. The van der Waals surface area contributed by atoms with Gasteiger partial charge in [-0.2, -0.15) is 0 Å². The monoisotopic (exact) mass is 605 g/mol. The zero-order valence-corrected chi connectivity index (χ0v) is 27.5. The van der Waals surface area contributed by atoms with Crippen LogP contribution in [0.3, 0.4) is 0 Å². The highest BCUT2D eigenvalue weighted by Crippen LogP contribution is 2.40. The molecule has 1 N–H and O–H groups in total. The number of rotatable bonds is 12. The second-order valence-corrected chi connectivity index (χ2v) is 20.0. The van der Waals surface area contributed by atoms with Gasteiger partial charge in [0.25, 0.3) is 0 Å². The molecule has 41 heavy (non-hydrogen) atoms. The SMILES string of the molecule is COc1cccc(-c2nnc(N(CC[Si](C)(C)C)S(=O)(=O)C(C)C(O)C(C)(C)C)n2-c2c(OC)cccc2OC)n1. The lowest BCUT2D eigenvalue weighted by Gasteiger charge is -2.35. The fourth-order valence-electron chi connectivity index (χ4n) is 4.36. The molecular weight excluding hydrogens is 562 g/mol. The largest absolute Gasteiger partial charge is 0.494 e. The summed E-state index contributed by atoms with van der Waals surface area (Å²) >= 11 is 0. The van der Waals surface area contributed by atoms with Gasteiger partial charge in [0.15, 0.2) is 5.82 Å². The van der Waals surface area contributed by atoms with E-state index in [0.29, 0.717) is 34.8 Å². The number of hydrogen-bond acceptors (Lipinski definition) is 9. The van der Waals surface area contributed by atoms with Crippen LogP contribution in [0.4, 0.5) is 5.95 Å². The van der Waals surface area contributed by atoms with Gasteiger partial charge in [0, 0.05) is 20.7 Å². The van der Waals surface area contributed by atoms with E-state index in [4.69, 9.17) is 14.2 Å². The van der Waals surface area contributed by atoms with Crippen molar-refractivity contribution >= 4 is 24.0 Å². The van der Waals surface area contributed by atoms with Crippen LogP contribution in [0.5, 0.6) is 17.4 Å².